The van der Waals surface area contributed by atoms with Gasteiger partial charge in [0.2, 0.25) is 11.8 Å². The zero-order chi connectivity index (χ0) is 18.7. The number of nitrogens with one attached hydrogen (secondary N) is 2. The Morgan fingerprint density at radius 3 is 2.42 bits per heavy atom. The number of hydrogen-bond donors (Lipinski definition) is 2. The molecule has 1 aliphatic carbocycles. The molecule has 0 heterocycles. The monoisotopic (exact) mass is 390 g/mol. The van der Waals surface area contributed by atoms with Crippen molar-refractivity contribution in [1.82, 2.24) is 5.32 Å². The summed E-state index contributed by atoms with van der Waals surface area (Å²) in [5.74, 6) is -0.689. The fraction of sp³-hybridized carbons (Fsp3) is 0.300. The van der Waals surface area contributed by atoms with Crippen molar-refractivity contribution >= 4 is 40.7 Å². The first-order valence-corrected chi connectivity index (χ1v) is 9.29. The molecule has 0 spiro atoms. The number of amides is 2. The summed E-state index contributed by atoms with van der Waals surface area (Å²) >= 11 is 12.0. The van der Waals surface area contributed by atoms with Crippen LogP contribution in [-0.2, 0) is 16.0 Å². The molecule has 26 heavy (non-hydrogen) atoms. The highest BCUT2D eigenvalue weighted by Crippen LogP contribution is 2.39. The number of carbonyl (C=O) groups excluding carboxylic acids is 2. The molecule has 1 aliphatic rings. The second-order valence-electron chi connectivity index (χ2n) is 6.58. The van der Waals surface area contributed by atoms with Crippen LogP contribution >= 0.6 is 23.2 Å². The molecule has 2 N–H and O–H groups in total. The number of hydrogen-bond acceptors (Lipinski definition) is 2. The molecule has 1 saturated carbocycles. The summed E-state index contributed by atoms with van der Waals surface area (Å²) in [5, 5.41) is 6.92. The van der Waals surface area contributed by atoms with E-state index in [2.05, 4.69) is 10.6 Å². The standard InChI is InChI=1S/C20H20Cl2N2O2/c1-12-2-6-15(7-3-12)24-20(26)17-11-16(17)19(25)23-9-8-13-4-5-14(21)10-18(13)22/h2-7,10,16-17H,8-9,11H2,1H3,(H,23,25)(H,24,26). The lowest BCUT2D eigenvalue weighted by Gasteiger charge is -2.08. The summed E-state index contributed by atoms with van der Waals surface area (Å²) in [5.41, 5.74) is 2.82. The summed E-state index contributed by atoms with van der Waals surface area (Å²) in [6.45, 7) is 2.47. The zero-order valence-corrected chi connectivity index (χ0v) is 15.9. The summed E-state index contributed by atoms with van der Waals surface area (Å²) in [6.07, 6.45) is 1.21. The Kier molecular flexibility index (Phi) is 5.84. The van der Waals surface area contributed by atoms with Crippen LogP contribution in [0.15, 0.2) is 42.5 Å². The number of rotatable bonds is 6. The molecular formula is C20H20Cl2N2O2. The van der Waals surface area contributed by atoms with Crippen molar-refractivity contribution < 1.29 is 9.59 Å². The minimum absolute atomic E-state index is 0.0841. The third kappa shape index (κ3) is 4.77. The molecule has 2 amide bonds. The van der Waals surface area contributed by atoms with Gasteiger partial charge in [-0.05, 0) is 49.6 Å². The Labute approximate surface area is 162 Å². The van der Waals surface area contributed by atoms with Crippen LogP contribution in [0.5, 0.6) is 0 Å². The molecule has 0 radical (unpaired) electrons. The van der Waals surface area contributed by atoms with Crippen LogP contribution in [0.3, 0.4) is 0 Å². The molecule has 6 heteroatoms. The molecule has 2 unspecified atom stereocenters. The van der Waals surface area contributed by atoms with E-state index >= 15 is 0 Å². The highest BCUT2D eigenvalue weighted by molar-refractivity contribution is 6.35. The van der Waals surface area contributed by atoms with Gasteiger partial charge in [0, 0.05) is 22.3 Å². The average Bonchev–Trinajstić information content (AvgIpc) is 3.40. The topological polar surface area (TPSA) is 58.2 Å². The molecule has 0 aromatic heterocycles. The highest BCUT2D eigenvalue weighted by atomic mass is 35.5. The van der Waals surface area contributed by atoms with Crippen LogP contribution in [0.25, 0.3) is 0 Å². The fourth-order valence-electron chi connectivity index (χ4n) is 2.82. The molecule has 136 valence electrons. The van der Waals surface area contributed by atoms with Crippen LogP contribution in [0.2, 0.25) is 10.0 Å². The predicted octanol–water partition coefficient (Wildman–Crippen LogP) is 4.24. The summed E-state index contributed by atoms with van der Waals surface area (Å²) < 4.78 is 0. The number of aryl methyl sites for hydroxylation is 1. The van der Waals surface area contributed by atoms with E-state index in [1.807, 2.05) is 37.3 Å². The smallest absolute Gasteiger partial charge is 0.228 e. The quantitative estimate of drug-likeness (QED) is 0.774. The third-order valence-corrected chi connectivity index (χ3v) is 5.08. The van der Waals surface area contributed by atoms with Gasteiger partial charge < -0.3 is 10.6 Å². The van der Waals surface area contributed by atoms with Crippen molar-refractivity contribution in [3.63, 3.8) is 0 Å². The number of halogens is 2. The second kappa shape index (κ2) is 8.11. The van der Waals surface area contributed by atoms with E-state index in [4.69, 9.17) is 23.2 Å². The van der Waals surface area contributed by atoms with E-state index < -0.39 is 0 Å². The van der Waals surface area contributed by atoms with E-state index in [1.54, 1.807) is 12.1 Å². The van der Waals surface area contributed by atoms with Gasteiger partial charge in [-0.3, -0.25) is 9.59 Å². The van der Waals surface area contributed by atoms with Gasteiger partial charge >= 0.3 is 0 Å². The van der Waals surface area contributed by atoms with Gasteiger partial charge in [-0.2, -0.15) is 0 Å². The van der Waals surface area contributed by atoms with Gasteiger partial charge in [0.25, 0.3) is 0 Å². The molecule has 0 aliphatic heterocycles. The second-order valence-corrected chi connectivity index (χ2v) is 7.42. The maximum atomic E-state index is 12.2. The van der Waals surface area contributed by atoms with E-state index in [0.29, 0.717) is 29.4 Å². The summed E-state index contributed by atoms with van der Waals surface area (Å²) in [7, 11) is 0. The number of anilines is 1. The van der Waals surface area contributed by atoms with Crippen molar-refractivity contribution in [1.29, 1.82) is 0 Å². The van der Waals surface area contributed by atoms with Gasteiger partial charge in [-0.1, -0.05) is 47.0 Å². The van der Waals surface area contributed by atoms with Gasteiger partial charge in [0.15, 0.2) is 0 Å². The molecule has 0 saturated heterocycles. The molecule has 0 bridgehead atoms. The average molecular weight is 391 g/mol. The molecule has 3 rings (SSSR count). The lowest BCUT2D eigenvalue weighted by molar-refractivity contribution is -0.125. The Morgan fingerprint density at radius 1 is 1.04 bits per heavy atom. The van der Waals surface area contributed by atoms with Crippen molar-refractivity contribution in [3.05, 3.63) is 63.6 Å². The first-order chi connectivity index (χ1) is 12.4. The van der Waals surface area contributed by atoms with Crippen molar-refractivity contribution in [2.24, 2.45) is 11.8 Å². The molecule has 2 aromatic rings. The lowest BCUT2D eigenvalue weighted by Crippen LogP contribution is -2.29. The van der Waals surface area contributed by atoms with E-state index in [0.717, 1.165) is 16.8 Å². The Bertz CT molecular complexity index is 821. The van der Waals surface area contributed by atoms with Crippen LogP contribution < -0.4 is 10.6 Å². The van der Waals surface area contributed by atoms with Gasteiger partial charge in [0.05, 0.1) is 11.8 Å². The normalized spacial score (nSPS) is 18.3. The Balaban J connectivity index is 1.43. The fourth-order valence-corrected chi connectivity index (χ4v) is 3.33. The van der Waals surface area contributed by atoms with Crippen LogP contribution in [0.1, 0.15) is 17.5 Å². The van der Waals surface area contributed by atoms with Gasteiger partial charge in [-0.15, -0.1) is 0 Å². The first kappa shape index (κ1) is 18.7. The maximum absolute atomic E-state index is 12.2. The lowest BCUT2D eigenvalue weighted by atomic mass is 10.1. The van der Waals surface area contributed by atoms with E-state index in [9.17, 15) is 9.59 Å². The third-order valence-electron chi connectivity index (χ3n) is 4.49. The van der Waals surface area contributed by atoms with Crippen molar-refractivity contribution in [3.8, 4) is 0 Å². The molecule has 1 fully saturated rings. The zero-order valence-electron chi connectivity index (χ0n) is 14.4. The Morgan fingerprint density at radius 2 is 1.73 bits per heavy atom. The van der Waals surface area contributed by atoms with Crippen molar-refractivity contribution in [2.75, 3.05) is 11.9 Å². The van der Waals surface area contributed by atoms with Crippen molar-refractivity contribution in [2.45, 2.75) is 19.8 Å². The van der Waals surface area contributed by atoms with Gasteiger partial charge in [0.1, 0.15) is 0 Å². The minimum atomic E-state index is -0.254. The van der Waals surface area contributed by atoms with Crippen LogP contribution in [-0.4, -0.2) is 18.4 Å². The van der Waals surface area contributed by atoms with Crippen LogP contribution in [0, 0.1) is 18.8 Å². The largest absolute Gasteiger partial charge is 0.356 e. The van der Waals surface area contributed by atoms with Gasteiger partial charge in [-0.25, -0.2) is 0 Å². The molecular weight excluding hydrogens is 371 g/mol. The SMILES string of the molecule is Cc1ccc(NC(=O)C2CC2C(=O)NCCc2ccc(Cl)cc2Cl)cc1. The number of benzene rings is 2. The van der Waals surface area contributed by atoms with Crippen LogP contribution in [0.4, 0.5) is 5.69 Å². The molecule has 2 atom stereocenters. The first-order valence-electron chi connectivity index (χ1n) is 8.53. The summed E-state index contributed by atoms with van der Waals surface area (Å²) in [6, 6.07) is 12.9. The number of carbonyl (C=O) groups is 2. The summed E-state index contributed by atoms with van der Waals surface area (Å²) in [4.78, 5) is 24.4. The van der Waals surface area contributed by atoms with E-state index in [1.165, 1.54) is 0 Å². The highest BCUT2D eigenvalue weighted by Gasteiger charge is 2.47. The maximum Gasteiger partial charge on any atom is 0.228 e. The molecule has 2 aromatic carbocycles. The molecule has 4 nitrogen and oxygen atoms in total. The predicted molar refractivity (Wildman–Crippen MR) is 105 cm³/mol. The Hall–Kier alpha value is -2.04. The minimum Gasteiger partial charge on any atom is -0.356 e. The van der Waals surface area contributed by atoms with E-state index in [-0.39, 0.29) is 23.7 Å².